The molecule has 0 saturated heterocycles. The zero-order chi connectivity index (χ0) is 46.2. The van der Waals surface area contributed by atoms with Crippen LogP contribution in [-0.4, -0.2) is 19.1 Å². The van der Waals surface area contributed by atoms with Gasteiger partial charge in [0.1, 0.15) is 11.5 Å². The molecule has 4 aromatic heterocycles. The van der Waals surface area contributed by atoms with Gasteiger partial charge in [-0.05, 0) is 117 Å². The van der Waals surface area contributed by atoms with E-state index >= 15 is 0 Å². The molecule has 5 heterocycles. The minimum Gasteiger partial charge on any atom is -0.457 e. The Hall–Kier alpha value is -9.32. The van der Waals surface area contributed by atoms with Gasteiger partial charge in [0.2, 0.25) is 0 Å². The fraction of sp³-hybridized carbons (Fsp3) is 0.0303. The van der Waals surface area contributed by atoms with Crippen molar-refractivity contribution in [2.45, 2.75) is 10.8 Å². The number of nitrogens with zero attached hydrogens (tertiary/aromatic N) is 4. The van der Waals surface area contributed by atoms with Crippen LogP contribution in [0.3, 0.4) is 0 Å². The van der Waals surface area contributed by atoms with Gasteiger partial charge in [-0.2, -0.15) is 0 Å². The summed E-state index contributed by atoms with van der Waals surface area (Å²) in [5.74, 6) is 1.68. The molecule has 328 valence electrons. The van der Waals surface area contributed by atoms with Gasteiger partial charge in [-0.25, -0.2) is 0 Å². The Bertz CT molecular complexity index is 4480. The van der Waals surface area contributed by atoms with Gasteiger partial charge in [-0.15, -0.1) is 0 Å². The highest BCUT2D eigenvalue weighted by atomic mass is 16.5. The first kappa shape index (κ1) is 37.6. The van der Waals surface area contributed by atoms with Gasteiger partial charge in [0.15, 0.2) is 0 Å². The van der Waals surface area contributed by atoms with Crippen molar-refractivity contribution < 1.29 is 4.74 Å². The van der Waals surface area contributed by atoms with Crippen LogP contribution in [0, 0.1) is 0 Å². The van der Waals surface area contributed by atoms with E-state index in [-0.39, 0.29) is 0 Å². The number of rotatable bonds is 2. The minimum atomic E-state index is -0.813. The van der Waals surface area contributed by atoms with Gasteiger partial charge in [0.05, 0.1) is 56.2 Å². The maximum Gasteiger partial charge on any atom is 0.132 e. The van der Waals surface area contributed by atoms with Crippen molar-refractivity contribution in [3.8, 4) is 56.5 Å². The fourth-order valence-corrected chi connectivity index (χ4v) is 13.9. The molecule has 3 aliphatic carbocycles. The second-order valence-electron chi connectivity index (χ2n) is 19.5. The zero-order valence-electron chi connectivity index (χ0n) is 38.1. The van der Waals surface area contributed by atoms with Crippen LogP contribution in [0.15, 0.2) is 231 Å². The molecule has 0 fully saturated rings. The molecule has 1 unspecified atom stereocenters. The SMILES string of the molecule is c1ccc(-n2c3ccccc3c3c4c5ccccc5n(-c5cnc6c(c5)C5(c7ccccc7Oc7cc8c(cc75)-c5ccccc5C85c7ccccc7-c7ccccc75)c5cccnc5-6)c4ccc32)cc1. The van der Waals surface area contributed by atoms with Gasteiger partial charge in [0.25, 0.3) is 0 Å². The Kier molecular flexibility index (Phi) is 7.03. The van der Waals surface area contributed by atoms with Crippen molar-refractivity contribution in [3.05, 3.63) is 275 Å². The zero-order valence-corrected chi connectivity index (χ0v) is 38.1. The number of hydrogen-bond donors (Lipinski definition) is 0. The number of para-hydroxylation sites is 4. The van der Waals surface area contributed by atoms with Crippen molar-refractivity contribution in [1.29, 1.82) is 0 Å². The summed E-state index contributed by atoms with van der Waals surface area (Å²) in [5.41, 5.74) is 21.7. The van der Waals surface area contributed by atoms with Crippen molar-refractivity contribution >= 4 is 43.6 Å². The molecule has 9 aromatic carbocycles. The summed E-state index contributed by atoms with van der Waals surface area (Å²) in [6, 6.07) is 80.3. The highest BCUT2D eigenvalue weighted by molar-refractivity contribution is 6.29. The van der Waals surface area contributed by atoms with Crippen molar-refractivity contribution in [3.63, 3.8) is 0 Å². The van der Waals surface area contributed by atoms with Gasteiger partial charge < -0.3 is 13.9 Å². The Balaban J connectivity index is 0.965. The quantitative estimate of drug-likeness (QED) is 0.174. The van der Waals surface area contributed by atoms with E-state index in [0.29, 0.717) is 0 Å². The number of ether oxygens (including phenoxy) is 1. The van der Waals surface area contributed by atoms with Gasteiger partial charge in [-0.1, -0.05) is 152 Å². The normalized spacial score (nSPS) is 15.9. The average Bonchev–Trinajstić information content (AvgIpc) is 4.21. The highest BCUT2D eigenvalue weighted by Crippen LogP contribution is 2.67. The first-order chi connectivity index (χ1) is 35.2. The van der Waals surface area contributed by atoms with Gasteiger partial charge in [-0.3, -0.25) is 9.97 Å². The number of benzene rings is 9. The lowest BCUT2D eigenvalue weighted by atomic mass is 9.65. The summed E-state index contributed by atoms with van der Waals surface area (Å²) in [6.07, 6.45) is 3.97. The Morgan fingerprint density at radius 3 is 1.52 bits per heavy atom. The third-order valence-corrected chi connectivity index (χ3v) is 16.5. The van der Waals surface area contributed by atoms with Crippen LogP contribution in [0.1, 0.15) is 44.5 Å². The maximum absolute atomic E-state index is 7.28. The first-order valence-corrected chi connectivity index (χ1v) is 24.5. The maximum atomic E-state index is 7.28. The number of fused-ring (bicyclic) bond motifs is 26. The molecule has 1 atom stereocenters. The second kappa shape index (κ2) is 13.3. The summed E-state index contributed by atoms with van der Waals surface area (Å²) in [4.78, 5) is 10.7. The number of aromatic nitrogens is 4. The van der Waals surface area contributed by atoms with Crippen molar-refractivity contribution in [2.75, 3.05) is 0 Å². The number of hydrogen-bond acceptors (Lipinski definition) is 3. The van der Waals surface area contributed by atoms with Crippen molar-refractivity contribution in [1.82, 2.24) is 19.1 Å². The van der Waals surface area contributed by atoms with Crippen molar-refractivity contribution in [2.24, 2.45) is 0 Å². The monoisotopic (exact) mass is 902 g/mol. The summed E-state index contributed by atoms with van der Waals surface area (Å²) in [6.45, 7) is 0. The first-order valence-electron chi connectivity index (χ1n) is 24.5. The molecule has 0 amide bonds. The molecule has 2 spiro atoms. The largest absolute Gasteiger partial charge is 0.457 e. The van der Waals surface area contributed by atoms with E-state index in [0.717, 1.165) is 67.5 Å². The summed E-state index contributed by atoms with van der Waals surface area (Å²) in [7, 11) is 0. The van der Waals surface area contributed by atoms with E-state index in [2.05, 4.69) is 234 Å². The molecular weight excluding hydrogens is 865 g/mol. The topological polar surface area (TPSA) is 44.9 Å². The van der Waals surface area contributed by atoms with E-state index in [9.17, 15) is 0 Å². The molecule has 0 saturated carbocycles. The molecule has 4 aliphatic rings. The lowest BCUT2D eigenvalue weighted by Crippen LogP contribution is -2.33. The fourth-order valence-electron chi connectivity index (χ4n) is 13.9. The van der Waals surface area contributed by atoms with E-state index in [1.54, 1.807) is 0 Å². The smallest absolute Gasteiger partial charge is 0.132 e. The van der Waals surface area contributed by atoms with E-state index < -0.39 is 10.8 Å². The molecule has 5 nitrogen and oxygen atoms in total. The van der Waals surface area contributed by atoms with E-state index in [1.807, 2.05) is 6.20 Å². The summed E-state index contributed by atoms with van der Waals surface area (Å²) >= 11 is 0. The molecule has 0 bridgehead atoms. The molecule has 0 radical (unpaired) electrons. The van der Waals surface area contributed by atoms with Crippen LogP contribution in [0.25, 0.3) is 88.6 Å². The Morgan fingerprint density at radius 2 is 0.845 bits per heavy atom. The molecule has 1 aliphatic heterocycles. The summed E-state index contributed by atoms with van der Waals surface area (Å²) in [5, 5.41) is 4.89. The molecule has 71 heavy (non-hydrogen) atoms. The predicted molar refractivity (Wildman–Crippen MR) is 284 cm³/mol. The minimum absolute atomic E-state index is 0.515. The van der Waals surface area contributed by atoms with Gasteiger partial charge in [0, 0.05) is 50.1 Å². The molecule has 0 N–H and O–H groups in total. The number of pyridine rings is 2. The average molecular weight is 903 g/mol. The van der Waals surface area contributed by atoms with E-state index in [4.69, 9.17) is 14.7 Å². The molecule has 17 rings (SSSR count). The lowest BCUT2D eigenvalue weighted by molar-refractivity contribution is 0.435. The predicted octanol–water partition coefficient (Wildman–Crippen LogP) is 15.5. The van der Waals surface area contributed by atoms with Crippen LogP contribution in [0.5, 0.6) is 11.5 Å². The highest BCUT2D eigenvalue weighted by Gasteiger charge is 2.56. The molecule has 13 aromatic rings. The van der Waals surface area contributed by atoms with Gasteiger partial charge >= 0.3 is 0 Å². The lowest BCUT2D eigenvalue weighted by Gasteiger charge is -2.40. The third-order valence-electron chi connectivity index (χ3n) is 16.5. The van der Waals surface area contributed by atoms with Crippen LogP contribution < -0.4 is 4.74 Å². The second-order valence-corrected chi connectivity index (χ2v) is 19.5. The summed E-state index contributed by atoms with van der Waals surface area (Å²) < 4.78 is 12.1. The standard InChI is InChI=1S/C66H38N4O/c1-2-17-39(18-3-1)69-55-29-13-7-22-44(55)61-57(69)32-33-58-62(61)45-23-8-14-30-56(45)70(58)40-35-54-64(68-38-40)63-51(28-16-34-67-63)66(54)50-27-12-15-31-59(50)71-60-37-52-46(36-53(60)66)43-21-6-11-26-49(43)65(52)47-24-9-4-19-41(47)42-20-5-10-25-48(42)65/h1-38H. The van der Waals surface area contributed by atoms with Crippen LogP contribution in [0.2, 0.25) is 0 Å². The van der Waals surface area contributed by atoms with E-state index in [1.165, 1.54) is 77.1 Å². The Labute approximate surface area is 408 Å². The third kappa shape index (κ3) is 4.41. The molecule has 5 heteroatoms. The Morgan fingerprint density at radius 1 is 0.324 bits per heavy atom. The van der Waals surface area contributed by atoms with Crippen LogP contribution in [0.4, 0.5) is 0 Å². The van der Waals surface area contributed by atoms with Crippen LogP contribution in [-0.2, 0) is 10.8 Å². The van der Waals surface area contributed by atoms with Crippen LogP contribution >= 0.6 is 0 Å². The molecular formula is C66H38N4O.